The predicted molar refractivity (Wildman–Crippen MR) is 82.8 cm³/mol. The Balaban J connectivity index is 2.82. The first kappa shape index (κ1) is 16.5. The largest absolute Gasteiger partial charge is 0.316 e. The van der Waals surface area contributed by atoms with Gasteiger partial charge >= 0.3 is 0 Å². The van der Waals surface area contributed by atoms with Crippen molar-refractivity contribution in [3.63, 3.8) is 0 Å². The molecular weight excluding hydrogens is 258 g/mol. The van der Waals surface area contributed by atoms with Crippen LogP contribution in [-0.2, 0) is 13.5 Å². The Morgan fingerprint density at radius 3 is 2.42 bits per heavy atom. The average Bonchev–Trinajstić information content (AvgIpc) is 2.53. The van der Waals surface area contributed by atoms with Crippen LogP contribution in [0.4, 0.5) is 0 Å². The molecule has 1 aromatic rings. The minimum absolute atomic E-state index is 0.256. The number of rotatable bonds is 6. The maximum absolute atomic E-state index is 6.35. The summed E-state index contributed by atoms with van der Waals surface area (Å²) < 4.78 is 1.77. The van der Waals surface area contributed by atoms with Gasteiger partial charge in [-0.25, -0.2) is 0 Å². The van der Waals surface area contributed by atoms with Gasteiger partial charge in [0.05, 0.1) is 5.69 Å². The number of aryl methyl sites for hydroxylation is 2. The molecule has 0 radical (unpaired) electrons. The topological polar surface area (TPSA) is 29.9 Å². The van der Waals surface area contributed by atoms with Gasteiger partial charge in [0, 0.05) is 12.6 Å². The third-order valence-corrected chi connectivity index (χ3v) is 4.24. The molecule has 0 spiro atoms. The molecule has 1 aromatic heterocycles. The van der Waals surface area contributed by atoms with E-state index in [4.69, 9.17) is 11.6 Å². The fourth-order valence-corrected chi connectivity index (χ4v) is 2.54. The number of nitrogens with zero attached hydrogens (tertiary/aromatic N) is 2. The normalized spacial score (nSPS) is 13.8. The Kier molecular flexibility index (Phi) is 5.87. The van der Waals surface area contributed by atoms with Crippen LogP contribution in [0, 0.1) is 18.3 Å². The van der Waals surface area contributed by atoms with Gasteiger partial charge in [-0.2, -0.15) is 5.10 Å². The molecular formula is C15H28ClN3. The molecule has 110 valence electrons. The third kappa shape index (κ3) is 4.50. The first-order valence-electron chi connectivity index (χ1n) is 7.16. The summed E-state index contributed by atoms with van der Waals surface area (Å²) in [4.78, 5) is 0. The van der Waals surface area contributed by atoms with Crippen molar-refractivity contribution in [3.8, 4) is 0 Å². The van der Waals surface area contributed by atoms with E-state index >= 15 is 0 Å². The van der Waals surface area contributed by atoms with Crippen LogP contribution < -0.4 is 5.32 Å². The monoisotopic (exact) mass is 285 g/mol. The van der Waals surface area contributed by atoms with Crippen molar-refractivity contribution in [3.05, 3.63) is 16.4 Å². The summed E-state index contributed by atoms with van der Waals surface area (Å²) in [5, 5.41) is 8.72. The summed E-state index contributed by atoms with van der Waals surface area (Å²) in [5.41, 5.74) is 2.51. The predicted octanol–water partition coefficient (Wildman–Crippen LogP) is 3.59. The number of hydrogen-bond donors (Lipinski definition) is 1. The fourth-order valence-electron chi connectivity index (χ4n) is 2.29. The minimum atomic E-state index is 0.256. The van der Waals surface area contributed by atoms with E-state index in [-0.39, 0.29) is 5.41 Å². The summed E-state index contributed by atoms with van der Waals surface area (Å²) >= 11 is 6.35. The zero-order valence-corrected chi connectivity index (χ0v) is 13.9. The zero-order chi connectivity index (χ0) is 14.6. The quantitative estimate of drug-likeness (QED) is 0.810. The first-order chi connectivity index (χ1) is 8.77. The lowest BCUT2D eigenvalue weighted by Crippen LogP contribution is -2.34. The molecule has 4 heteroatoms. The van der Waals surface area contributed by atoms with Crippen LogP contribution >= 0.6 is 11.6 Å². The lowest BCUT2D eigenvalue weighted by molar-refractivity contribution is 0.231. The van der Waals surface area contributed by atoms with Gasteiger partial charge in [-0.3, -0.25) is 4.68 Å². The number of nitrogens with one attached hydrogen (secondary N) is 1. The summed E-state index contributed by atoms with van der Waals surface area (Å²) in [6, 6.07) is 0. The van der Waals surface area contributed by atoms with Crippen LogP contribution in [0.1, 0.15) is 45.4 Å². The van der Waals surface area contributed by atoms with Gasteiger partial charge in [-0.05, 0) is 44.2 Å². The van der Waals surface area contributed by atoms with Crippen LogP contribution in [0.15, 0.2) is 0 Å². The molecule has 0 aliphatic carbocycles. The van der Waals surface area contributed by atoms with Crippen LogP contribution in [0.25, 0.3) is 0 Å². The van der Waals surface area contributed by atoms with Crippen molar-refractivity contribution in [1.82, 2.24) is 15.1 Å². The second-order valence-electron chi connectivity index (χ2n) is 6.45. The molecule has 0 fully saturated rings. The molecule has 0 amide bonds. The minimum Gasteiger partial charge on any atom is -0.316 e. The van der Waals surface area contributed by atoms with Crippen LogP contribution in [-0.4, -0.2) is 22.9 Å². The van der Waals surface area contributed by atoms with Gasteiger partial charge in [0.2, 0.25) is 0 Å². The highest BCUT2D eigenvalue weighted by atomic mass is 35.5. The molecule has 0 saturated carbocycles. The zero-order valence-electron chi connectivity index (χ0n) is 13.2. The van der Waals surface area contributed by atoms with Crippen LogP contribution in [0.3, 0.4) is 0 Å². The van der Waals surface area contributed by atoms with Gasteiger partial charge < -0.3 is 5.32 Å². The summed E-state index contributed by atoms with van der Waals surface area (Å²) in [6.07, 6.45) is 2.16. The third-order valence-electron chi connectivity index (χ3n) is 3.76. The Hall–Kier alpha value is -0.540. The molecule has 3 nitrogen and oxygen atoms in total. The lowest BCUT2D eigenvalue weighted by atomic mass is 9.77. The standard InChI is InChI=1S/C15H28ClN3/c1-7-8-17-10-12(15(3,4)5)9-13-11(2)18-19(6)14(13)16/h12,17H,7-10H2,1-6H3. The van der Waals surface area contributed by atoms with Crippen LogP contribution in [0.5, 0.6) is 0 Å². The van der Waals surface area contributed by atoms with E-state index in [0.717, 1.165) is 30.4 Å². The molecule has 0 aliphatic heterocycles. The average molecular weight is 286 g/mol. The molecule has 1 rings (SSSR count). The van der Waals surface area contributed by atoms with E-state index in [1.54, 1.807) is 4.68 Å². The molecule has 1 unspecified atom stereocenters. The second kappa shape index (κ2) is 6.76. The maximum Gasteiger partial charge on any atom is 0.130 e. The van der Waals surface area contributed by atoms with E-state index in [2.05, 4.69) is 38.1 Å². The van der Waals surface area contributed by atoms with Crippen molar-refractivity contribution in [2.45, 2.75) is 47.5 Å². The van der Waals surface area contributed by atoms with E-state index in [0.29, 0.717) is 5.92 Å². The highest BCUT2D eigenvalue weighted by Gasteiger charge is 2.27. The molecule has 19 heavy (non-hydrogen) atoms. The molecule has 1 heterocycles. The van der Waals surface area contributed by atoms with Crippen molar-refractivity contribution >= 4 is 11.6 Å². The van der Waals surface area contributed by atoms with E-state index in [1.165, 1.54) is 12.0 Å². The first-order valence-corrected chi connectivity index (χ1v) is 7.53. The van der Waals surface area contributed by atoms with E-state index in [9.17, 15) is 0 Å². The molecule has 1 atom stereocenters. The molecule has 0 aromatic carbocycles. The van der Waals surface area contributed by atoms with Crippen molar-refractivity contribution < 1.29 is 0 Å². The lowest BCUT2D eigenvalue weighted by Gasteiger charge is -2.31. The van der Waals surface area contributed by atoms with Crippen LogP contribution in [0.2, 0.25) is 5.15 Å². The van der Waals surface area contributed by atoms with Crippen molar-refractivity contribution in [2.24, 2.45) is 18.4 Å². The molecule has 1 N–H and O–H groups in total. The van der Waals surface area contributed by atoms with Gasteiger partial charge in [0.25, 0.3) is 0 Å². The highest BCUT2D eigenvalue weighted by molar-refractivity contribution is 6.30. The Morgan fingerprint density at radius 2 is 2.00 bits per heavy atom. The van der Waals surface area contributed by atoms with Gasteiger partial charge in [0.15, 0.2) is 0 Å². The Bertz CT molecular complexity index is 404. The van der Waals surface area contributed by atoms with Gasteiger partial charge in [0.1, 0.15) is 5.15 Å². The highest BCUT2D eigenvalue weighted by Crippen LogP contribution is 2.31. The summed E-state index contributed by atoms with van der Waals surface area (Å²) in [7, 11) is 1.90. The Morgan fingerprint density at radius 1 is 1.37 bits per heavy atom. The molecule has 0 saturated heterocycles. The van der Waals surface area contributed by atoms with E-state index < -0.39 is 0 Å². The summed E-state index contributed by atoms with van der Waals surface area (Å²) in [5.74, 6) is 0.555. The van der Waals surface area contributed by atoms with Gasteiger partial charge in [-0.1, -0.05) is 39.3 Å². The number of aromatic nitrogens is 2. The maximum atomic E-state index is 6.35. The fraction of sp³-hybridized carbons (Fsp3) is 0.800. The SMILES string of the molecule is CCCNCC(Cc1c(C)nn(C)c1Cl)C(C)(C)C. The smallest absolute Gasteiger partial charge is 0.130 e. The molecule has 0 aliphatic rings. The second-order valence-corrected chi connectivity index (χ2v) is 6.81. The summed E-state index contributed by atoms with van der Waals surface area (Å²) in [6.45, 7) is 13.2. The molecule has 0 bridgehead atoms. The van der Waals surface area contributed by atoms with Crippen molar-refractivity contribution in [2.75, 3.05) is 13.1 Å². The van der Waals surface area contributed by atoms with Crippen molar-refractivity contribution in [1.29, 1.82) is 0 Å². The van der Waals surface area contributed by atoms with E-state index in [1.807, 2.05) is 14.0 Å². The number of halogens is 1. The van der Waals surface area contributed by atoms with Gasteiger partial charge in [-0.15, -0.1) is 0 Å². The number of hydrogen-bond acceptors (Lipinski definition) is 2. The Labute approximate surface area is 122 Å².